The van der Waals surface area contributed by atoms with Gasteiger partial charge < -0.3 is 15.0 Å². The van der Waals surface area contributed by atoms with E-state index in [1.807, 2.05) is 0 Å². The van der Waals surface area contributed by atoms with Crippen molar-refractivity contribution in [2.45, 2.75) is 68.7 Å². The lowest BCUT2D eigenvalue weighted by atomic mass is 9.80. The van der Waals surface area contributed by atoms with Crippen LogP contribution in [0, 0.1) is 5.41 Å². The first kappa shape index (κ1) is 24.2. The van der Waals surface area contributed by atoms with Crippen LogP contribution in [-0.4, -0.2) is 56.2 Å². The molecule has 1 aliphatic carbocycles. The Morgan fingerprint density at radius 3 is 2.48 bits per heavy atom. The minimum absolute atomic E-state index is 0.0773. The third kappa shape index (κ3) is 4.67. The SMILES string of the molecule is CC(=O)[C@]1(C(=O)N2Cc3cc(C(F)(F)F)ccc3S(=O)(=O)C2)CC[C@@H](NC2CCOCC2)C1. The molecule has 7 nitrogen and oxygen atoms in total. The molecule has 0 unspecified atom stereocenters. The van der Waals surface area contributed by atoms with Gasteiger partial charge in [-0.1, -0.05) is 0 Å². The van der Waals surface area contributed by atoms with Crippen LogP contribution in [0.3, 0.4) is 0 Å². The molecule has 2 atom stereocenters. The molecule has 1 aromatic rings. The van der Waals surface area contributed by atoms with Gasteiger partial charge in [0.2, 0.25) is 5.91 Å². The van der Waals surface area contributed by atoms with Crippen LogP contribution in [-0.2, 0) is 36.9 Å². The van der Waals surface area contributed by atoms with Crippen LogP contribution in [0.5, 0.6) is 0 Å². The van der Waals surface area contributed by atoms with Crippen LogP contribution >= 0.6 is 0 Å². The monoisotopic (exact) mass is 488 g/mol. The van der Waals surface area contributed by atoms with Crippen molar-refractivity contribution in [1.82, 2.24) is 10.2 Å². The Hall–Kier alpha value is -1.98. The summed E-state index contributed by atoms with van der Waals surface area (Å²) in [7, 11) is -4.02. The molecule has 1 saturated carbocycles. The molecule has 182 valence electrons. The van der Waals surface area contributed by atoms with E-state index >= 15 is 0 Å². The lowest BCUT2D eigenvalue weighted by Gasteiger charge is -2.36. The number of carbonyl (C=O) groups is 2. The zero-order chi connectivity index (χ0) is 24.0. The highest BCUT2D eigenvalue weighted by atomic mass is 32.2. The van der Waals surface area contributed by atoms with Gasteiger partial charge >= 0.3 is 6.18 Å². The second-order valence-electron chi connectivity index (χ2n) is 9.20. The van der Waals surface area contributed by atoms with Gasteiger partial charge in [0.05, 0.1) is 10.5 Å². The third-order valence-electron chi connectivity index (χ3n) is 6.99. The maximum absolute atomic E-state index is 13.6. The number of rotatable bonds is 4. The summed E-state index contributed by atoms with van der Waals surface area (Å²) in [5.74, 6) is -1.63. The zero-order valence-electron chi connectivity index (χ0n) is 18.3. The summed E-state index contributed by atoms with van der Waals surface area (Å²) in [6.07, 6.45) is -1.88. The Morgan fingerprint density at radius 1 is 1.15 bits per heavy atom. The number of nitrogens with zero attached hydrogens (tertiary/aromatic N) is 1. The van der Waals surface area contributed by atoms with E-state index in [-0.39, 0.29) is 47.7 Å². The number of ketones is 1. The van der Waals surface area contributed by atoms with E-state index in [0.717, 1.165) is 35.9 Å². The van der Waals surface area contributed by atoms with Crippen molar-refractivity contribution >= 4 is 21.5 Å². The Kier molecular flexibility index (Phi) is 6.34. The quantitative estimate of drug-likeness (QED) is 0.656. The standard InChI is InChI=1S/C22H27F3N2O5S/c1-14(28)21(7-4-18(11-21)26-17-5-8-32-9-6-17)20(29)27-12-15-10-16(22(23,24)25)2-3-19(15)33(30,31)13-27/h2-3,10,17-18,26H,4-9,11-13H2,1H3/t18-,21+/m1/s1. The fourth-order valence-electron chi connectivity index (χ4n) is 5.19. The highest BCUT2D eigenvalue weighted by Gasteiger charge is 2.52. The first-order valence-electron chi connectivity index (χ1n) is 11.0. The summed E-state index contributed by atoms with van der Waals surface area (Å²) in [6.45, 7) is 2.32. The molecule has 0 spiro atoms. The van der Waals surface area contributed by atoms with Crippen molar-refractivity contribution < 1.29 is 35.9 Å². The van der Waals surface area contributed by atoms with Gasteiger partial charge in [-0.25, -0.2) is 8.42 Å². The fourth-order valence-corrected chi connectivity index (χ4v) is 6.75. The summed E-state index contributed by atoms with van der Waals surface area (Å²) >= 11 is 0. The topological polar surface area (TPSA) is 92.8 Å². The molecule has 33 heavy (non-hydrogen) atoms. The smallest absolute Gasteiger partial charge is 0.381 e. The van der Waals surface area contributed by atoms with Crippen molar-refractivity contribution in [3.05, 3.63) is 29.3 Å². The molecule has 2 aliphatic heterocycles. The van der Waals surface area contributed by atoms with Crippen LogP contribution in [0.15, 0.2) is 23.1 Å². The van der Waals surface area contributed by atoms with Gasteiger partial charge in [-0.05, 0) is 62.8 Å². The molecule has 0 aromatic heterocycles. The maximum atomic E-state index is 13.6. The lowest BCUT2D eigenvalue weighted by Crippen LogP contribution is -2.50. The third-order valence-corrected chi connectivity index (χ3v) is 8.71. The van der Waals surface area contributed by atoms with E-state index in [1.165, 1.54) is 6.92 Å². The van der Waals surface area contributed by atoms with Crippen LogP contribution in [0.4, 0.5) is 13.2 Å². The van der Waals surface area contributed by atoms with Crippen molar-refractivity contribution in [1.29, 1.82) is 0 Å². The molecule has 1 amide bonds. The summed E-state index contributed by atoms with van der Waals surface area (Å²) in [5.41, 5.74) is -2.44. The average Bonchev–Trinajstić information content (AvgIpc) is 3.17. The number of Topliss-reactive ketones (excluding diaryl/α,β-unsaturated/α-hetero) is 1. The molecule has 11 heteroatoms. The molecule has 1 aromatic carbocycles. The second kappa shape index (κ2) is 8.66. The minimum atomic E-state index is -4.64. The van der Waals surface area contributed by atoms with Crippen LogP contribution in [0.2, 0.25) is 0 Å². The molecular formula is C22H27F3N2O5S. The van der Waals surface area contributed by atoms with Gasteiger partial charge in [0.1, 0.15) is 17.1 Å². The highest BCUT2D eigenvalue weighted by molar-refractivity contribution is 7.91. The number of carbonyl (C=O) groups excluding carboxylic acids is 2. The Morgan fingerprint density at radius 2 is 1.85 bits per heavy atom. The zero-order valence-corrected chi connectivity index (χ0v) is 19.1. The number of amides is 1. The predicted molar refractivity (Wildman–Crippen MR) is 112 cm³/mol. The van der Waals surface area contributed by atoms with E-state index in [9.17, 15) is 31.2 Å². The van der Waals surface area contributed by atoms with Crippen LogP contribution in [0.25, 0.3) is 0 Å². The fraction of sp³-hybridized carbons (Fsp3) is 0.636. The molecule has 0 radical (unpaired) electrons. The predicted octanol–water partition coefficient (Wildman–Crippen LogP) is 2.68. The number of sulfone groups is 1. The lowest BCUT2D eigenvalue weighted by molar-refractivity contribution is -0.148. The molecule has 1 saturated heterocycles. The van der Waals surface area contributed by atoms with Gasteiger partial charge in [-0.3, -0.25) is 9.59 Å². The van der Waals surface area contributed by atoms with Gasteiger partial charge in [0.15, 0.2) is 9.84 Å². The van der Waals surface area contributed by atoms with Gasteiger partial charge in [0.25, 0.3) is 0 Å². The molecule has 0 bridgehead atoms. The van der Waals surface area contributed by atoms with Crippen molar-refractivity contribution in [2.24, 2.45) is 5.41 Å². The number of nitrogens with one attached hydrogen (secondary N) is 1. The van der Waals surface area contributed by atoms with Gasteiger partial charge in [-0.15, -0.1) is 0 Å². The number of hydrogen-bond acceptors (Lipinski definition) is 6. The molecule has 2 fully saturated rings. The van der Waals surface area contributed by atoms with Crippen molar-refractivity contribution in [2.75, 3.05) is 19.1 Å². The number of halogens is 3. The van der Waals surface area contributed by atoms with Gasteiger partial charge in [0, 0.05) is 31.8 Å². The van der Waals surface area contributed by atoms with E-state index in [2.05, 4.69) is 5.32 Å². The first-order chi connectivity index (χ1) is 15.4. The maximum Gasteiger partial charge on any atom is 0.416 e. The molecule has 3 aliphatic rings. The first-order valence-corrected chi connectivity index (χ1v) is 12.6. The number of alkyl halides is 3. The van der Waals surface area contributed by atoms with Crippen molar-refractivity contribution in [3.63, 3.8) is 0 Å². The molecule has 2 heterocycles. The normalized spacial score (nSPS) is 27.9. The number of ether oxygens (including phenoxy) is 1. The Labute approximate surface area is 190 Å². The van der Waals surface area contributed by atoms with E-state index in [4.69, 9.17) is 4.74 Å². The van der Waals surface area contributed by atoms with Crippen LogP contribution < -0.4 is 5.32 Å². The van der Waals surface area contributed by atoms with E-state index < -0.39 is 38.8 Å². The highest BCUT2D eigenvalue weighted by Crippen LogP contribution is 2.43. The summed E-state index contributed by atoms with van der Waals surface area (Å²) in [5, 5.41) is 3.49. The molecule has 4 rings (SSSR count). The Balaban J connectivity index is 1.58. The number of fused-ring (bicyclic) bond motifs is 1. The van der Waals surface area contributed by atoms with Crippen LogP contribution in [0.1, 0.15) is 50.2 Å². The number of benzene rings is 1. The van der Waals surface area contributed by atoms with E-state index in [1.54, 1.807) is 0 Å². The Bertz CT molecular complexity index is 1050. The summed E-state index contributed by atoms with van der Waals surface area (Å²) < 4.78 is 70.4. The summed E-state index contributed by atoms with van der Waals surface area (Å²) in [4.78, 5) is 27.1. The molecule has 1 N–H and O–H groups in total. The number of hydrogen-bond donors (Lipinski definition) is 1. The van der Waals surface area contributed by atoms with E-state index in [0.29, 0.717) is 19.6 Å². The van der Waals surface area contributed by atoms with Crippen molar-refractivity contribution in [3.8, 4) is 0 Å². The molecular weight excluding hydrogens is 461 g/mol. The largest absolute Gasteiger partial charge is 0.416 e. The average molecular weight is 489 g/mol. The minimum Gasteiger partial charge on any atom is -0.381 e. The second-order valence-corrected chi connectivity index (χ2v) is 11.1. The van der Waals surface area contributed by atoms with Gasteiger partial charge in [-0.2, -0.15) is 13.2 Å². The summed E-state index contributed by atoms with van der Waals surface area (Å²) in [6, 6.07) is 2.60.